The van der Waals surface area contributed by atoms with Gasteiger partial charge in [-0.3, -0.25) is 9.59 Å². The van der Waals surface area contributed by atoms with Gasteiger partial charge in [0.15, 0.2) is 0 Å². The van der Waals surface area contributed by atoms with Crippen LogP contribution in [0.4, 0.5) is 0 Å². The van der Waals surface area contributed by atoms with E-state index in [0.717, 1.165) is 27.8 Å². The van der Waals surface area contributed by atoms with Crippen LogP contribution in [0.3, 0.4) is 0 Å². The molecule has 8 heteroatoms. The second-order valence-corrected chi connectivity index (χ2v) is 7.65. The molecule has 2 aromatic carbocycles. The molecule has 0 radical (unpaired) electrons. The number of fused-ring (bicyclic) bond motifs is 1. The summed E-state index contributed by atoms with van der Waals surface area (Å²) in [7, 11) is 0. The van der Waals surface area contributed by atoms with Crippen LogP contribution < -0.4 is 0 Å². The van der Waals surface area contributed by atoms with E-state index in [1.54, 1.807) is 16.0 Å². The van der Waals surface area contributed by atoms with Gasteiger partial charge in [-0.2, -0.15) is 0 Å². The van der Waals surface area contributed by atoms with E-state index < -0.39 is 0 Å². The lowest BCUT2D eigenvalue weighted by atomic mass is 10.0. The maximum absolute atomic E-state index is 12.9. The molecule has 5 rings (SSSR count). The standard InChI is InChI=1S/C22H22N4O4/c27-21(24-8-10-25(11-9-24)22(28)20-7-12-30-20)16-3-1-15(2-4-16)17-5-6-18-14-23-26(29)19(18)13-17/h1-6,13-14,20,29H,7-12H2. The van der Waals surface area contributed by atoms with Crippen LogP contribution in [0.15, 0.2) is 48.7 Å². The average molecular weight is 406 g/mol. The molecule has 3 heterocycles. The van der Waals surface area contributed by atoms with E-state index >= 15 is 0 Å². The molecule has 1 aromatic heterocycles. The van der Waals surface area contributed by atoms with Gasteiger partial charge in [0.2, 0.25) is 0 Å². The van der Waals surface area contributed by atoms with Crippen LogP contribution in [0.2, 0.25) is 0 Å². The molecule has 2 fully saturated rings. The summed E-state index contributed by atoms with van der Waals surface area (Å²) in [6, 6.07) is 13.2. The predicted molar refractivity (Wildman–Crippen MR) is 109 cm³/mol. The Morgan fingerprint density at radius 3 is 2.30 bits per heavy atom. The summed E-state index contributed by atoms with van der Waals surface area (Å²) in [4.78, 5) is 29.6. The van der Waals surface area contributed by atoms with E-state index in [1.807, 2.05) is 42.5 Å². The third-order valence-electron chi connectivity index (χ3n) is 5.87. The predicted octanol–water partition coefficient (Wildman–Crippen LogP) is 2.01. The van der Waals surface area contributed by atoms with Crippen LogP contribution in [0.1, 0.15) is 16.8 Å². The Morgan fingerprint density at radius 2 is 1.63 bits per heavy atom. The van der Waals surface area contributed by atoms with Crippen molar-refractivity contribution >= 4 is 22.7 Å². The highest BCUT2D eigenvalue weighted by atomic mass is 16.5. The monoisotopic (exact) mass is 406 g/mol. The minimum atomic E-state index is -0.288. The third-order valence-corrected chi connectivity index (χ3v) is 5.87. The topological polar surface area (TPSA) is 87.9 Å². The van der Waals surface area contributed by atoms with Gasteiger partial charge in [0.1, 0.15) is 11.6 Å². The number of hydrogen-bond acceptors (Lipinski definition) is 5. The molecule has 1 atom stereocenters. The quantitative estimate of drug-likeness (QED) is 0.673. The maximum atomic E-state index is 12.9. The Bertz CT molecular complexity index is 1100. The Labute approximate surface area is 173 Å². The van der Waals surface area contributed by atoms with Crippen LogP contribution in [0.5, 0.6) is 0 Å². The first-order chi connectivity index (χ1) is 14.6. The number of carbonyl (C=O) groups excluding carboxylic acids is 2. The number of nitrogens with zero attached hydrogens (tertiary/aromatic N) is 4. The summed E-state index contributed by atoms with van der Waals surface area (Å²) in [5.41, 5.74) is 3.13. The van der Waals surface area contributed by atoms with Crippen LogP contribution in [0, 0.1) is 0 Å². The normalized spacial score (nSPS) is 19.0. The first kappa shape index (κ1) is 18.6. The van der Waals surface area contributed by atoms with E-state index in [-0.39, 0.29) is 17.9 Å². The van der Waals surface area contributed by atoms with Crippen LogP contribution in [-0.2, 0) is 9.53 Å². The molecule has 2 aliphatic rings. The summed E-state index contributed by atoms with van der Waals surface area (Å²) in [5.74, 6) is 0.0105. The summed E-state index contributed by atoms with van der Waals surface area (Å²) < 4.78 is 5.27. The first-order valence-corrected chi connectivity index (χ1v) is 10.1. The molecule has 154 valence electrons. The van der Waals surface area contributed by atoms with Gasteiger partial charge in [0.05, 0.1) is 12.8 Å². The molecule has 1 unspecified atom stereocenters. The molecule has 0 bridgehead atoms. The number of rotatable bonds is 3. The van der Waals surface area contributed by atoms with Gasteiger partial charge in [-0.1, -0.05) is 24.3 Å². The SMILES string of the molecule is O=C(c1ccc(-c2ccc3cnn(O)c3c2)cc1)N1CCN(C(=O)C2CCO2)CC1. The van der Waals surface area contributed by atoms with Crippen molar-refractivity contribution in [3.8, 4) is 11.1 Å². The van der Waals surface area contributed by atoms with E-state index in [9.17, 15) is 14.8 Å². The number of ether oxygens (including phenoxy) is 1. The maximum Gasteiger partial charge on any atom is 0.253 e. The minimum Gasteiger partial charge on any atom is -0.411 e. The van der Waals surface area contributed by atoms with Gasteiger partial charge < -0.3 is 19.7 Å². The number of benzene rings is 2. The van der Waals surface area contributed by atoms with E-state index in [1.165, 1.54) is 0 Å². The summed E-state index contributed by atoms with van der Waals surface area (Å²) in [5, 5.41) is 14.5. The molecule has 3 aromatic rings. The molecule has 8 nitrogen and oxygen atoms in total. The van der Waals surface area contributed by atoms with Crippen LogP contribution in [-0.4, -0.2) is 75.7 Å². The Morgan fingerprint density at radius 1 is 0.967 bits per heavy atom. The number of piperazine rings is 1. The first-order valence-electron chi connectivity index (χ1n) is 10.1. The van der Waals surface area contributed by atoms with Crippen molar-refractivity contribution in [2.24, 2.45) is 0 Å². The van der Waals surface area contributed by atoms with E-state index in [2.05, 4.69) is 5.10 Å². The summed E-state index contributed by atoms with van der Waals surface area (Å²) in [6.45, 7) is 2.78. The van der Waals surface area contributed by atoms with Crippen molar-refractivity contribution in [1.82, 2.24) is 19.7 Å². The van der Waals surface area contributed by atoms with Gasteiger partial charge in [0, 0.05) is 43.5 Å². The highest BCUT2D eigenvalue weighted by Gasteiger charge is 2.33. The molecule has 0 saturated carbocycles. The zero-order valence-corrected chi connectivity index (χ0v) is 16.4. The molecule has 1 N–H and O–H groups in total. The number of carbonyl (C=O) groups is 2. The molecule has 0 spiro atoms. The Kier molecular flexibility index (Phi) is 4.63. The second kappa shape index (κ2) is 7.46. The van der Waals surface area contributed by atoms with Crippen LogP contribution >= 0.6 is 0 Å². The van der Waals surface area contributed by atoms with Crippen molar-refractivity contribution in [3.05, 3.63) is 54.2 Å². The van der Waals surface area contributed by atoms with Crippen LogP contribution in [0.25, 0.3) is 22.0 Å². The highest BCUT2D eigenvalue weighted by molar-refractivity contribution is 5.95. The minimum absolute atomic E-state index is 0.0302. The Balaban J connectivity index is 1.25. The van der Waals surface area contributed by atoms with Crippen molar-refractivity contribution < 1.29 is 19.5 Å². The van der Waals surface area contributed by atoms with Gasteiger partial charge in [-0.15, -0.1) is 9.94 Å². The molecule has 2 aliphatic heterocycles. The second-order valence-electron chi connectivity index (χ2n) is 7.65. The van der Waals surface area contributed by atoms with Crippen molar-refractivity contribution in [1.29, 1.82) is 0 Å². The molecule has 2 saturated heterocycles. The number of aromatic nitrogens is 2. The summed E-state index contributed by atoms with van der Waals surface area (Å²) in [6.07, 6.45) is 2.11. The highest BCUT2D eigenvalue weighted by Crippen LogP contribution is 2.25. The zero-order valence-electron chi connectivity index (χ0n) is 16.4. The smallest absolute Gasteiger partial charge is 0.253 e. The van der Waals surface area contributed by atoms with Gasteiger partial charge >= 0.3 is 0 Å². The lowest BCUT2D eigenvalue weighted by Gasteiger charge is -2.38. The Hall–Kier alpha value is -3.39. The van der Waals surface area contributed by atoms with Crippen molar-refractivity contribution in [3.63, 3.8) is 0 Å². The zero-order chi connectivity index (χ0) is 20.7. The average Bonchev–Trinajstić information content (AvgIpc) is 3.12. The molecular weight excluding hydrogens is 384 g/mol. The van der Waals surface area contributed by atoms with Gasteiger partial charge in [0.25, 0.3) is 11.8 Å². The fraction of sp³-hybridized carbons (Fsp3) is 0.318. The third kappa shape index (κ3) is 3.29. The van der Waals surface area contributed by atoms with E-state index in [0.29, 0.717) is 43.9 Å². The molecule has 2 amide bonds. The lowest BCUT2D eigenvalue weighted by molar-refractivity contribution is -0.157. The summed E-state index contributed by atoms with van der Waals surface area (Å²) >= 11 is 0. The fourth-order valence-corrected chi connectivity index (χ4v) is 3.94. The fourth-order valence-electron chi connectivity index (χ4n) is 3.94. The van der Waals surface area contributed by atoms with Gasteiger partial charge in [-0.05, 0) is 29.3 Å². The number of hydrogen-bond donors (Lipinski definition) is 1. The lowest BCUT2D eigenvalue weighted by Crippen LogP contribution is -2.54. The van der Waals surface area contributed by atoms with Crippen molar-refractivity contribution in [2.45, 2.75) is 12.5 Å². The number of amides is 2. The van der Waals surface area contributed by atoms with Crippen molar-refractivity contribution in [2.75, 3.05) is 32.8 Å². The largest absolute Gasteiger partial charge is 0.411 e. The molecule has 30 heavy (non-hydrogen) atoms. The van der Waals surface area contributed by atoms with Gasteiger partial charge in [-0.25, -0.2) is 0 Å². The van der Waals surface area contributed by atoms with E-state index in [4.69, 9.17) is 4.74 Å². The molecule has 0 aliphatic carbocycles. The molecular formula is C22H22N4O4.